The molecule has 2 fully saturated rings. The van der Waals surface area contributed by atoms with Gasteiger partial charge in [0.15, 0.2) is 11.9 Å². The Morgan fingerprint density at radius 1 is 1.23 bits per heavy atom. The van der Waals surface area contributed by atoms with Crippen LogP contribution in [0.15, 0.2) is 24.3 Å². The lowest BCUT2D eigenvalue weighted by atomic mass is 9.98. The minimum absolute atomic E-state index is 0.0263. The van der Waals surface area contributed by atoms with Crippen molar-refractivity contribution in [3.63, 3.8) is 0 Å². The van der Waals surface area contributed by atoms with Crippen molar-refractivity contribution in [1.82, 2.24) is 10.2 Å². The molecule has 0 bridgehead atoms. The summed E-state index contributed by atoms with van der Waals surface area (Å²) in [6.07, 6.45) is 2.31. The second-order valence-corrected chi connectivity index (χ2v) is 8.04. The van der Waals surface area contributed by atoms with E-state index in [2.05, 4.69) is 10.6 Å². The maximum atomic E-state index is 12.6. The number of rotatable bonds is 8. The molecule has 1 saturated carbocycles. The molecule has 1 aromatic rings. The summed E-state index contributed by atoms with van der Waals surface area (Å²) in [5, 5.41) is 5.40. The molecule has 4 amide bonds. The van der Waals surface area contributed by atoms with Crippen molar-refractivity contribution in [3.8, 4) is 0 Å². The summed E-state index contributed by atoms with van der Waals surface area (Å²) in [5.41, 5.74) is 0.131. The number of nitrogens with one attached hydrogen (secondary N) is 2. The van der Waals surface area contributed by atoms with Gasteiger partial charge in [0, 0.05) is 24.2 Å². The van der Waals surface area contributed by atoms with Crippen LogP contribution < -0.4 is 10.6 Å². The standard InChI is InChI=1S/C22H27N3O6/c1-14(26)16-7-5-8-17(13-16)23-19(28)15(2)31-18(27)9-6-12-25-20(29)22(24-21(25)30)10-3-4-11-22/h5,7-8,13,15H,3-4,6,9-12H2,1-2H3,(H,23,28)(H,24,30). The van der Waals surface area contributed by atoms with E-state index in [9.17, 15) is 24.0 Å². The van der Waals surface area contributed by atoms with Crippen molar-refractivity contribution in [2.45, 2.75) is 64.0 Å². The molecule has 1 saturated heterocycles. The number of ketones is 1. The summed E-state index contributed by atoms with van der Waals surface area (Å²) in [6.45, 7) is 3.00. The van der Waals surface area contributed by atoms with Gasteiger partial charge in [-0.15, -0.1) is 0 Å². The highest BCUT2D eigenvalue weighted by molar-refractivity contribution is 6.07. The molecule has 2 N–H and O–H groups in total. The first kappa shape index (κ1) is 22.5. The van der Waals surface area contributed by atoms with Crippen LogP contribution in [0.5, 0.6) is 0 Å². The third-order valence-corrected chi connectivity index (χ3v) is 5.68. The number of carbonyl (C=O) groups excluding carboxylic acids is 5. The Balaban J connectivity index is 1.43. The Hall–Kier alpha value is -3.23. The number of ether oxygens (including phenoxy) is 1. The number of carbonyl (C=O) groups is 5. The van der Waals surface area contributed by atoms with Gasteiger partial charge in [-0.05, 0) is 45.2 Å². The van der Waals surface area contributed by atoms with Crippen LogP contribution in [0.1, 0.15) is 62.7 Å². The zero-order valence-corrected chi connectivity index (χ0v) is 17.7. The Kier molecular flexibility index (Phi) is 6.72. The average molecular weight is 429 g/mol. The van der Waals surface area contributed by atoms with Crippen LogP contribution in [0.4, 0.5) is 10.5 Å². The van der Waals surface area contributed by atoms with Crippen LogP contribution in [-0.2, 0) is 19.1 Å². The third-order valence-electron chi connectivity index (χ3n) is 5.68. The van der Waals surface area contributed by atoms with Crippen molar-refractivity contribution in [2.24, 2.45) is 0 Å². The molecule has 9 nitrogen and oxygen atoms in total. The van der Waals surface area contributed by atoms with Gasteiger partial charge in [-0.2, -0.15) is 0 Å². The summed E-state index contributed by atoms with van der Waals surface area (Å²) < 4.78 is 5.15. The number of anilines is 1. The van der Waals surface area contributed by atoms with Crippen LogP contribution >= 0.6 is 0 Å². The van der Waals surface area contributed by atoms with Gasteiger partial charge in [0.1, 0.15) is 5.54 Å². The molecule has 2 aliphatic rings. The quantitative estimate of drug-likeness (QED) is 0.372. The van der Waals surface area contributed by atoms with E-state index in [1.54, 1.807) is 24.3 Å². The van der Waals surface area contributed by atoms with E-state index < -0.39 is 29.6 Å². The molecule has 9 heteroatoms. The number of amides is 4. The number of hydrogen-bond donors (Lipinski definition) is 2. The highest BCUT2D eigenvalue weighted by Crippen LogP contribution is 2.35. The topological polar surface area (TPSA) is 122 Å². The Labute approximate surface area is 180 Å². The van der Waals surface area contributed by atoms with E-state index in [1.807, 2.05) is 0 Å². The molecule has 1 aliphatic heterocycles. The lowest BCUT2D eigenvalue weighted by molar-refractivity contribution is -0.153. The predicted molar refractivity (Wildman–Crippen MR) is 111 cm³/mol. The summed E-state index contributed by atoms with van der Waals surface area (Å²) >= 11 is 0. The van der Waals surface area contributed by atoms with E-state index in [0.29, 0.717) is 24.1 Å². The number of esters is 1. The van der Waals surface area contributed by atoms with Crippen molar-refractivity contribution < 1.29 is 28.7 Å². The number of Topliss-reactive ketones (excluding diaryl/α,β-unsaturated/α-hetero) is 1. The van der Waals surface area contributed by atoms with Crippen molar-refractivity contribution >= 4 is 35.3 Å². The number of imide groups is 1. The summed E-state index contributed by atoms with van der Waals surface area (Å²) in [5.74, 6) is -1.46. The lowest BCUT2D eigenvalue weighted by Crippen LogP contribution is -2.44. The number of urea groups is 1. The number of benzene rings is 1. The maximum absolute atomic E-state index is 12.6. The molecule has 1 atom stereocenters. The summed E-state index contributed by atoms with van der Waals surface area (Å²) in [4.78, 5) is 61.7. The number of nitrogens with zero attached hydrogens (tertiary/aromatic N) is 1. The molecular weight excluding hydrogens is 402 g/mol. The summed E-state index contributed by atoms with van der Waals surface area (Å²) in [7, 11) is 0. The van der Waals surface area contributed by atoms with E-state index in [4.69, 9.17) is 4.74 Å². The fourth-order valence-corrected chi connectivity index (χ4v) is 3.95. The minimum atomic E-state index is -1.04. The van der Waals surface area contributed by atoms with Crippen LogP contribution in [0.3, 0.4) is 0 Å². The van der Waals surface area contributed by atoms with Gasteiger partial charge in [0.05, 0.1) is 0 Å². The van der Waals surface area contributed by atoms with Gasteiger partial charge in [-0.3, -0.25) is 24.1 Å². The lowest BCUT2D eigenvalue weighted by Gasteiger charge is -2.20. The van der Waals surface area contributed by atoms with Crippen LogP contribution in [-0.4, -0.2) is 52.7 Å². The molecule has 166 valence electrons. The first-order valence-corrected chi connectivity index (χ1v) is 10.5. The van der Waals surface area contributed by atoms with Gasteiger partial charge in [0.2, 0.25) is 0 Å². The molecule has 31 heavy (non-hydrogen) atoms. The molecular formula is C22H27N3O6. The molecule has 1 heterocycles. The fraction of sp³-hybridized carbons (Fsp3) is 0.500. The first-order valence-electron chi connectivity index (χ1n) is 10.5. The molecule has 0 aromatic heterocycles. The molecule has 0 radical (unpaired) electrons. The van der Waals surface area contributed by atoms with Crippen molar-refractivity contribution in [2.75, 3.05) is 11.9 Å². The highest BCUT2D eigenvalue weighted by atomic mass is 16.5. The minimum Gasteiger partial charge on any atom is -0.453 e. The SMILES string of the molecule is CC(=O)c1cccc(NC(=O)C(C)OC(=O)CCCN2C(=O)NC3(CCCC3)C2=O)c1. The molecule has 1 aliphatic carbocycles. The first-order chi connectivity index (χ1) is 14.7. The monoisotopic (exact) mass is 429 g/mol. The highest BCUT2D eigenvalue weighted by Gasteiger charge is 2.52. The maximum Gasteiger partial charge on any atom is 0.325 e. The van der Waals surface area contributed by atoms with Crippen LogP contribution in [0, 0.1) is 0 Å². The van der Waals surface area contributed by atoms with Gasteiger partial charge < -0.3 is 15.4 Å². The van der Waals surface area contributed by atoms with Crippen LogP contribution in [0.25, 0.3) is 0 Å². The molecule has 1 spiro atoms. The van der Waals surface area contributed by atoms with Crippen molar-refractivity contribution in [1.29, 1.82) is 0 Å². The average Bonchev–Trinajstić information content (AvgIpc) is 3.28. The second-order valence-electron chi connectivity index (χ2n) is 8.04. The Morgan fingerprint density at radius 2 is 1.94 bits per heavy atom. The van der Waals surface area contributed by atoms with E-state index in [0.717, 1.165) is 17.7 Å². The van der Waals surface area contributed by atoms with E-state index in [-0.39, 0.29) is 31.1 Å². The van der Waals surface area contributed by atoms with Gasteiger partial charge in [-0.25, -0.2) is 4.79 Å². The summed E-state index contributed by atoms with van der Waals surface area (Å²) in [6, 6.07) is 6.05. The predicted octanol–water partition coefficient (Wildman–Crippen LogP) is 2.40. The molecule has 3 rings (SSSR count). The van der Waals surface area contributed by atoms with E-state index >= 15 is 0 Å². The van der Waals surface area contributed by atoms with Gasteiger partial charge in [0.25, 0.3) is 11.8 Å². The molecule has 1 unspecified atom stereocenters. The van der Waals surface area contributed by atoms with Crippen LogP contribution in [0.2, 0.25) is 0 Å². The number of hydrogen-bond acceptors (Lipinski definition) is 6. The van der Waals surface area contributed by atoms with Crippen molar-refractivity contribution in [3.05, 3.63) is 29.8 Å². The Bertz CT molecular complexity index is 906. The Morgan fingerprint density at radius 3 is 2.61 bits per heavy atom. The van der Waals surface area contributed by atoms with Gasteiger partial charge in [-0.1, -0.05) is 25.0 Å². The fourth-order valence-electron chi connectivity index (χ4n) is 3.95. The zero-order chi connectivity index (χ0) is 22.6. The smallest absolute Gasteiger partial charge is 0.325 e. The second kappa shape index (κ2) is 9.28. The largest absolute Gasteiger partial charge is 0.453 e. The van der Waals surface area contributed by atoms with Gasteiger partial charge >= 0.3 is 12.0 Å². The normalized spacial score (nSPS) is 18.1. The van der Waals surface area contributed by atoms with E-state index in [1.165, 1.54) is 13.8 Å². The third kappa shape index (κ3) is 5.10. The molecule has 1 aromatic carbocycles. The zero-order valence-electron chi connectivity index (χ0n) is 17.7.